The van der Waals surface area contributed by atoms with Crippen LogP contribution in [0.4, 0.5) is 5.69 Å². The largest absolute Gasteiger partial charge is 0.508 e. The monoisotopic (exact) mass is 469 g/mol. The summed E-state index contributed by atoms with van der Waals surface area (Å²) in [5.74, 6) is 0.983. The molecule has 0 spiro atoms. The third-order valence-electron chi connectivity index (χ3n) is 8.16. The number of phenols is 1. The van der Waals surface area contributed by atoms with Crippen molar-refractivity contribution >= 4 is 11.6 Å². The van der Waals surface area contributed by atoms with Crippen molar-refractivity contribution < 1.29 is 14.6 Å². The molecular weight excluding hydrogens is 434 g/mol. The Labute approximate surface area is 208 Å². The molecule has 4 heteroatoms. The van der Waals surface area contributed by atoms with Gasteiger partial charge in [0.15, 0.2) is 0 Å². The normalized spacial score (nSPS) is 21.5. The van der Waals surface area contributed by atoms with Gasteiger partial charge < -0.3 is 15.2 Å². The number of carbonyl (C=O) groups is 1. The Morgan fingerprint density at radius 3 is 2.26 bits per heavy atom. The van der Waals surface area contributed by atoms with Crippen molar-refractivity contribution in [1.82, 2.24) is 0 Å². The third-order valence-corrected chi connectivity index (χ3v) is 8.16. The van der Waals surface area contributed by atoms with Crippen LogP contribution >= 0.6 is 0 Å². The van der Waals surface area contributed by atoms with Crippen LogP contribution in [0.1, 0.15) is 75.3 Å². The number of fused-ring (bicyclic) bond motifs is 2. The quantitative estimate of drug-likeness (QED) is 0.422. The van der Waals surface area contributed by atoms with Gasteiger partial charge in [-0.25, -0.2) is 0 Å². The van der Waals surface area contributed by atoms with E-state index in [1.807, 2.05) is 12.1 Å². The molecule has 182 valence electrons. The second-order valence-electron chi connectivity index (χ2n) is 11.8. The Morgan fingerprint density at radius 2 is 1.54 bits per heavy atom. The van der Waals surface area contributed by atoms with E-state index in [-0.39, 0.29) is 34.3 Å². The van der Waals surface area contributed by atoms with Gasteiger partial charge in [-0.2, -0.15) is 0 Å². The lowest BCUT2D eigenvalue weighted by atomic mass is 9.62. The van der Waals surface area contributed by atoms with Crippen LogP contribution in [0, 0.1) is 0 Å². The number of ether oxygens (including phenoxy) is 1. The van der Waals surface area contributed by atoms with Crippen molar-refractivity contribution in [3.05, 3.63) is 88.5 Å². The summed E-state index contributed by atoms with van der Waals surface area (Å²) in [5, 5.41) is 12.4. The molecule has 4 nitrogen and oxygen atoms in total. The van der Waals surface area contributed by atoms with E-state index in [1.54, 1.807) is 24.3 Å². The maximum Gasteiger partial charge on any atom is 0.228 e. The van der Waals surface area contributed by atoms with Gasteiger partial charge in [0.2, 0.25) is 5.91 Å². The Bertz CT molecular complexity index is 1290. The predicted molar refractivity (Wildman–Crippen MR) is 141 cm³/mol. The molecular formula is C31H35NO3. The number of nitrogens with one attached hydrogen (secondary N) is 1. The smallest absolute Gasteiger partial charge is 0.228 e. The fourth-order valence-corrected chi connectivity index (χ4v) is 5.65. The first-order valence-electron chi connectivity index (χ1n) is 12.5. The van der Waals surface area contributed by atoms with E-state index in [0.29, 0.717) is 12.3 Å². The van der Waals surface area contributed by atoms with E-state index in [4.69, 9.17) is 4.74 Å². The van der Waals surface area contributed by atoms with Crippen molar-refractivity contribution in [3.8, 4) is 11.5 Å². The summed E-state index contributed by atoms with van der Waals surface area (Å²) < 4.78 is 6.15. The zero-order valence-corrected chi connectivity index (χ0v) is 21.4. The van der Waals surface area contributed by atoms with Gasteiger partial charge in [0.1, 0.15) is 18.1 Å². The molecule has 1 amide bonds. The molecule has 0 saturated carbocycles. The Balaban J connectivity index is 1.44. The maximum absolute atomic E-state index is 12.7. The summed E-state index contributed by atoms with van der Waals surface area (Å²) in [5.41, 5.74) is 7.00. The highest BCUT2D eigenvalue weighted by Gasteiger charge is 2.42. The van der Waals surface area contributed by atoms with Crippen molar-refractivity contribution in [2.75, 3.05) is 11.9 Å². The molecule has 1 unspecified atom stereocenters. The number of aromatic hydroxyl groups is 1. The van der Waals surface area contributed by atoms with E-state index < -0.39 is 0 Å². The highest BCUT2D eigenvalue weighted by Crippen LogP contribution is 2.49. The van der Waals surface area contributed by atoms with Gasteiger partial charge in [0.25, 0.3) is 0 Å². The minimum Gasteiger partial charge on any atom is -0.508 e. The summed E-state index contributed by atoms with van der Waals surface area (Å²) >= 11 is 0. The number of rotatable bonds is 4. The van der Waals surface area contributed by atoms with Crippen LogP contribution in [0.5, 0.6) is 11.5 Å². The molecule has 2 N–H and O–H groups in total. The molecule has 0 fully saturated rings. The topological polar surface area (TPSA) is 58.6 Å². The van der Waals surface area contributed by atoms with Gasteiger partial charge in [-0.05, 0) is 83.2 Å². The van der Waals surface area contributed by atoms with Gasteiger partial charge in [0.05, 0.1) is 11.8 Å². The molecule has 1 aliphatic carbocycles. The van der Waals surface area contributed by atoms with Gasteiger partial charge in [-0.3, -0.25) is 4.79 Å². The van der Waals surface area contributed by atoms with E-state index in [0.717, 1.165) is 16.9 Å². The number of anilines is 1. The average molecular weight is 470 g/mol. The van der Waals surface area contributed by atoms with E-state index in [9.17, 15) is 9.90 Å². The van der Waals surface area contributed by atoms with E-state index in [1.165, 1.54) is 29.5 Å². The zero-order valence-electron chi connectivity index (χ0n) is 21.4. The minimum atomic E-state index is -0.272. The first kappa shape index (κ1) is 23.5. The fourth-order valence-electron chi connectivity index (χ4n) is 5.65. The number of carbonyl (C=O) groups excluding carboxylic acids is 1. The number of hydrogen-bond donors (Lipinski definition) is 2. The van der Waals surface area contributed by atoms with Crippen molar-refractivity contribution in [2.24, 2.45) is 0 Å². The predicted octanol–water partition coefficient (Wildman–Crippen LogP) is 6.62. The second-order valence-corrected chi connectivity index (χ2v) is 11.8. The van der Waals surface area contributed by atoms with Crippen LogP contribution in [-0.4, -0.2) is 17.6 Å². The Hall–Kier alpha value is -3.27. The summed E-state index contributed by atoms with van der Waals surface area (Å²) in [4.78, 5) is 12.7. The lowest BCUT2D eigenvalue weighted by molar-refractivity contribution is -0.115. The molecule has 1 aliphatic heterocycles. The Morgan fingerprint density at radius 1 is 0.857 bits per heavy atom. The molecule has 0 radical (unpaired) electrons. The van der Waals surface area contributed by atoms with Gasteiger partial charge in [0, 0.05) is 11.3 Å². The van der Waals surface area contributed by atoms with E-state index in [2.05, 4.69) is 64.2 Å². The Kier molecular flexibility index (Phi) is 5.47. The second kappa shape index (κ2) is 8.15. The molecule has 0 aromatic heterocycles. The first-order chi connectivity index (χ1) is 16.5. The lowest BCUT2D eigenvalue weighted by Crippen LogP contribution is -2.35. The van der Waals surface area contributed by atoms with Crippen molar-refractivity contribution in [3.63, 3.8) is 0 Å². The van der Waals surface area contributed by atoms with Crippen LogP contribution in [0.25, 0.3) is 0 Å². The number of benzene rings is 3. The van der Waals surface area contributed by atoms with Gasteiger partial charge in [-0.15, -0.1) is 0 Å². The highest BCUT2D eigenvalue weighted by molar-refractivity contribution is 5.92. The standard InChI is InChI=1S/C31H35NO3/c1-29(2)14-15-30(3,4)25-18-21(7-12-24(25)29)31(5)19-35-27-13-6-20(16-26(27)31)17-28(34)32-22-8-10-23(33)11-9-22/h6-13,16,18,33H,14-15,17,19H2,1-5H3,(H,32,34). The number of amides is 1. The summed E-state index contributed by atoms with van der Waals surface area (Å²) in [6.45, 7) is 12.3. The van der Waals surface area contributed by atoms with Crippen LogP contribution in [0.3, 0.4) is 0 Å². The summed E-state index contributed by atoms with van der Waals surface area (Å²) in [6, 6.07) is 19.7. The van der Waals surface area contributed by atoms with Crippen LogP contribution < -0.4 is 10.1 Å². The van der Waals surface area contributed by atoms with Crippen molar-refractivity contribution in [1.29, 1.82) is 0 Å². The fraction of sp³-hybridized carbons (Fsp3) is 0.387. The third kappa shape index (κ3) is 4.20. The van der Waals surface area contributed by atoms with Gasteiger partial charge >= 0.3 is 0 Å². The molecule has 3 aromatic rings. The molecule has 2 aliphatic rings. The molecule has 5 rings (SSSR count). The molecule has 1 atom stereocenters. The number of hydrogen-bond acceptors (Lipinski definition) is 3. The van der Waals surface area contributed by atoms with Crippen LogP contribution in [0.2, 0.25) is 0 Å². The van der Waals surface area contributed by atoms with Crippen LogP contribution in [-0.2, 0) is 27.5 Å². The molecule has 0 bridgehead atoms. The summed E-state index contributed by atoms with van der Waals surface area (Å²) in [7, 11) is 0. The van der Waals surface area contributed by atoms with Gasteiger partial charge in [-0.1, -0.05) is 58.0 Å². The molecule has 1 heterocycles. The van der Waals surface area contributed by atoms with Crippen LogP contribution in [0.15, 0.2) is 60.7 Å². The average Bonchev–Trinajstić information content (AvgIpc) is 3.15. The maximum atomic E-state index is 12.7. The van der Waals surface area contributed by atoms with Crippen molar-refractivity contribution in [2.45, 2.75) is 70.1 Å². The molecule has 3 aromatic carbocycles. The van der Waals surface area contributed by atoms with E-state index >= 15 is 0 Å². The minimum absolute atomic E-state index is 0.0889. The first-order valence-corrected chi connectivity index (χ1v) is 12.5. The zero-order chi connectivity index (χ0) is 25.0. The number of phenolic OH excluding ortho intramolecular Hbond substituents is 1. The summed E-state index contributed by atoms with van der Waals surface area (Å²) in [6.07, 6.45) is 2.65. The SMILES string of the molecule is CC1(C)CCC(C)(C)c2cc(C3(C)COc4ccc(CC(=O)Nc5ccc(O)cc5)cc43)ccc21. The lowest BCUT2D eigenvalue weighted by Gasteiger charge is -2.42. The molecule has 35 heavy (non-hydrogen) atoms. The highest BCUT2D eigenvalue weighted by atomic mass is 16.5. The molecule has 0 saturated heterocycles.